The smallest absolute Gasteiger partial charge is 0.406 e. The summed E-state index contributed by atoms with van der Waals surface area (Å²) in [5.41, 5.74) is 1.38. The number of aromatic nitrogens is 1. The van der Waals surface area contributed by atoms with E-state index in [4.69, 9.17) is 11.6 Å². The monoisotopic (exact) mass is 428 g/mol. The minimum absolute atomic E-state index is 0.159. The van der Waals surface area contributed by atoms with Crippen LogP contribution in [-0.4, -0.2) is 59.8 Å². The van der Waals surface area contributed by atoms with E-state index in [0.717, 1.165) is 18.7 Å². The summed E-state index contributed by atoms with van der Waals surface area (Å²) in [4.78, 5) is 20.3. The largest absolute Gasteiger partial charge is 0.573 e. The number of anilines is 1. The fraction of sp³-hybridized carbons (Fsp3) is 0.368. The van der Waals surface area contributed by atoms with Gasteiger partial charge in [0.05, 0.1) is 12.2 Å². The van der Waals surface area contributed by atoms with Crippen LogP contribution >= 0.6 is 11.6 Å². The molecule has 2 aromatic rings. The van der Waals surface area contributed by atoms with Crippen molar-refractivity contribution in [3.05, 3.63) is 53.3 Å². The Labute approximate surface area is 171 Å². The van der Waals surface area contributed by atoms with Crippen molar-refractivity contribution in [2.24, 2.45) is 0 Å². The molecule has 3 rings (SSSR count). The summed E-state index contributed by atoms with van der Waals surface area (Å²) in [5.74, 6) is -0.389. The van der Waals surface area contributed by atoms with Gasteiger partial charge >= 0.3 is 6.36 Å². The third kappa shape index (κ3) is 6.88. The van der Waals surface area contributed by atoms with Crippen LogP contribution in [0.3, 0.4) is 0 Å². The van der Waals surface area contributed by atoms with Crippen LogP contribution in [0.1, 0.15) is 5.56 Å². The third-order valence-corrected chi connectivity index (χ3v) is 4.73. The van der Waals surface area contributed by atoms with Crippen molar-refractivity contribution >= 4 is 23.2 Å². The summed E-state index contributed by atoms with van der Waals surface area (Å²) in [5, 5.41) is 3.00. The number of pyridine rings is 1. The number of ether oxygens (including phenoxy) is 1. The predicted molar refractivity (Wildman–Crippen MR) is 103 cm³/mol. The molecule has 10 heteroatoms. The molecule has 156 valence electrons. The molecular formula is C19H20ClF3N4O2. The van der Waals surface area contributed by atoms with Crippen LogP contribution in [0.2, 0.25) is 5.15 Å². The van der Waals surface area contributed by atoms with Gasteiger partial charge in [-0.25, -0.2) is 4.98 Å². The zero-order chi connectivity index (χ0) is 20.9. The summed E-state index contributed by atoms with van der Waals surface area (Å²) < 4.78 is 40.5. The van der Waals surface area contributed by atoms with Crippen molar-refractivity contribution in [3.63, 3.8) is 0 Å². The number of hydrogen-bond acceptors (Lipinski definition) is 5. The summed E-state index contributed by atoms with van der Waals surface area (Å²) in [7, 11) is 0. The Kier molecular flexibility index (Phi) is 6.94. The Bertz CT molecular complexity index is 825. The lowest BCUT2D eigenvalue weighted by Gasteiger charge is -2.34. The molecule has 29 heavy (non-hydrogen) atoms. The molecule has 0 unspecified atom stereocenters. The molecule has 2 heterocycles. The maximum absolute atomic E-state index is 12.2. The SMILES string of the molecule is O=C(CN1CCN(Cc2ccc(OC(F)(F)F)cc2)CC1)Nc1cccnc1Cl. The zero-order valence-corrected chi connectivity index (χ0v) is 16.2. The minimum Gasteiger partial charge on any atom is -0.406 e. The lowest BCUT2D eigenvalue weighted by Crippen LogP contribution is -2.48. The normalized spacial score (nSPS) is 15.9. The summed E-state index contributed by atoms with van der Waals surface area (Å²) in [6.45, 7) is 3.80. The first-order valence-electron chi connectivity index (χ1n) is 8.98. The van der Waals surface area contributed by atoms with Crippen LogP contribution in [0.25, 0.3) is 0 Å². The molecule has 0 bridgehead atoms. The number of nitrogens with zero attached hydrogens (tertiary/aromatic N) is 3. The van der Waals surface area contributed by atoms with Gasteiger partial charge < -0.3 is 10.1 Å². The highest BCUT2D eigenvalue weighted by Gasteiger charge is 2.31. The van der Waals surface area contributed by atoms with E-state index in [0.29, 0.717) is 25.3 Å². The zero-order valence-electron chi connectivity index (χ0n) is 15.5. The molecule has 0 spiro atoms. The Hall–Kier alpha value is -2.36. The Morgan fingerprint density at radius 2 is 1.76 bits per heavy atom. The van der Waals surface area contributed by atoms with E-state index in [1.807, 2.05) is 4.90 Å². The summed E-state index contributed by atoms with van der Waals surface area (Å²) in [6, 6.07) is 9.26. The molecule has 1 amide bonds. The van der Waals surface area contributed by atoms with Gasteiger partial charge in [0.2, 0.25) is 5.91 Å². The maximum Gasteiger partial charge on any atom is 0.573 e. The van der Waals surface area contributed by atoms with Gasteiger partial charge in [-0.05, 0) is 29.8 Å². The number of amides is 1. The highest BCUT2D eigenvalue weighted by atomic mass is 35.5. The number of hydrogen-bond donors (Lipinski definition) is 1. The van der Waals surface area contributed by atoms with Crippen molar-refractivity contribution in [1.82, 2.24) is 14.8 Å². The average Bonchev–Trinajstić information content (AvgIpc) is 2.66. The standard InChI is InChI=1S/C19H20ClF3N4O2/c20-18-16(2-1-7-24-18)25-17(28)13-27-10-8-26(9-11-27)12-14-3-5-15(6-4-14)29-19(21,22)23/h1-7H,8-13H2,(H,25,28). The lowest BCUT2D eigenvalue weighted by atomic mass is 10.2. The molecule has 6 nitrogen and oxygen atoms in total. The topological polar surface area (TPSA) is 57.7 Å². The van der Waals surface area contributed by atoms with Crippen LogP contribution in [-0.2, 0) is 11.3 Å². The van der Waals surface area contributed by atoms with Crippen LogP contribution in [0, 0.1) is 0 Å². The maximum atomic E-state index is 12.2. The molecule has 1 saturated heterocycles. The molecule has 1 aromatic carbocycles. The fourth-order valence-electron chi connectivity index (χ4n) is 3.03. The van der Waals surface area contributed by atoms with Crippen LogP contribution in [0.4, 0.5) is 18.9 Å². The Morgan fingerprint density at radius 1 is 1.10 bits per heavy atom. The molecule has 1 aromatic heterocycles. The van der Waals surface area contributed by atoms with Gasteiger partial charge in [0.25, 0.3) is 0 Å². The van der Waals surface area contributed by atoms with E-state index in [1.54, 1.807) is 30.5 Å². The number of carbonyl (C=O) groups is 1. The van der Waals surface area contributed by atoms with Crippen molar-refractivity contribution < 1.29 is 22.7 Å². The molecule has 1 N–H and O–H groups in total. The van der Waals surface area contributed by atoms with Crippen molar-refractivity contribution in [2.45, 2.75) is 12.9 Å². The van der Waals surface area contributed by atoms with Gasteiger partial charge in [-0.3, -0.25) is 14.6 Å². The third-order valence-electron chi connectivity index (χ3n) is 4.43. The molecule has 0 atom stereocenters. The number of rotatable bonds is 6. The van der Waals surface area contributed by atoms with E-state index in [1.165, 1.54) is 12.1 Å². The number of benzene rings is 1. The molecular weight excluding hydrogens is 409 g/mol. The minimum atomic E-state index is -4.69. The molecule has 0 saturated carbocycles. The Morgan fingerprint density at radius 3 is 2.38 bits per heavy atom. The van der Waals surface area contributed by atoms with Gasteiger partial charge in [0, 0.05) is 38.9 Å². The van der Waals surface area contributed by atoms with E-state index in [2.05, 4.69) is 19.9 Å². The van der Waals surface area contributed by atoms with Gasteiger partial charge in [0.1, 0.15) is 5.75 Å². The number of piperazine rings is 1. The fourth-order valence-corrected chi connectivity index (χ4v) is 3.20. The van der Waals surface area contributed by atoms with Crippen molar-refractivity contribution in [3.8, 4) is 5.75 Å². The molecule has 0 aliphatic carbocycles. The quantitative estimate of drug-likeness (QED) is 0.715. The van der Waals surface area contributed by atoms with E-state index < -0.39 is 6.36 Å². The van der Waals surface area contributed by atoms with Gasteiger partial charge in [-0.1, -0.05) is 23.7 Å². The number of halogens is 4. The summed E-state index contributed by atoms with van der Waals surface area (Å²) in [6.07, 6.45) is -3.14. The second-order valence-corrected chi connectivity index (χ2v) is 6.99. The molecule has 1 aliphatic rings. The molecule has 0 radical (unpaired) electrons. The molecule has 1 fully saturated rings. The highest BCUT2D eigenvalue weighted by Crippen LogP contribution is 2.23. The van der Waals surface area contributed by atoms with Gasteiger partial charge in [-0.15, -0.1) is 13.2 Å². The summed E-state index contributed by atoms with van der Waals surface area (Å²) >= 11 is 5.94. The number of carbonyl (C=O) groups excluding carboxylic acids is 1. The van der Waals surface area contributed by atoms with Gasteiger partial charge in [0.15, 0.2) is 5.15 Å². The Balaban J connectivity index is 1.42. The van der Waals surface area contributed by atoms with Gasteiger partial charge in [-0.2, -0.15) is 0 Å². The first kappa shape index (κ1) is 21.4. The number of nitrogens with one attached hydrogen (secondary N) is 1. The van der Waals surface area contributed by atoms with E-state index >= 15 is 0 Å². The van der Waals surface area contributed by atoms with Crippen molar-refractivity contribution in [2.75, 3.05) is 38.0 Å². The lowest BCUT2D eigenvalue weighted by molar-refractivity contribution is -0.274. The van der Waals surface area contributed by atoms with Crippen molar-refractivity contribution in [1.29, 1.82) is 0 Å². The van der Waals surface area contributed by atoms with E-state index in [9.17, 15) is 18.0 Å². The second kappa shape index (κ2) is 9.43. The van der Waals surface area contributed by atoms with Crippen LogP contribution < -0.4 is 10.1 Å². The van der Waals surface area contributed by atoms with Crippen LogP contribution in [0.5, 0.6) is 5.75 Å². The van der Waals surface area contributed by atoms with Crippen LogP contribution in [0.15, 0.2) is 42.6 Å². The highest BCUT2D eigenvalue weighted by molar-refractivity contribution is 6.32. The first-order chi connectivity index (χ1) is 13.8. The molecule has 1 aliphatic heterocycles. The predicted octanol–water partition coefficient (Wildman–Crippen LogP) is 3.39. The average molecular weight is 429 g/mol. The second-order valence-electron chi connectivity index (χ2n) is 6.63. The first-order valence-corrected chi connectivity index (χ1v) is 9.36. The number of alkyl halides is 3. The van der Waals surface area contributed by atoms with E-state index in [-0.39, 0.29) is 23.4 Å².